The molecule has 3 rings (SSSR count). The van der Waals surface area contributed by atoms with Gasteiger partial charge < -0.3 is 9.47 Å². The second kappa shape index (κ2) is 3.42. The van der Waals surface area contributed by atoms with E-state index in [1.165, 1.54) is 6.42 Å². The fourth-order valence-electron chi connectivity index (χ4n) is 3.10. The summed E-state index contributed by atoms with van der Waals surface area (Å²) in [5.41, 5.74) is -0.337. The highest BCUT2D eigenvalue weighted by molar-refractivity contribution is 5.02. The molecular weight excluding hydrogens is 196 g/mol. The first-order valence-corrected chi connectivity index (χ1v) is 5.93. The largest absolute Gasteiger partial charge is 0.347 e. The van der Waals surface area contributed by atoms with E-state index in [0.717, 1.165) is 38.7 Å². The molecule has 3 aliphatic rings. The highest BCUT2D eigenvalue weighted by atomic mass is 17.2. The van der Waals surface area contributed by atoms with Gasteiger partial charge in [-0.2, -0.15) is 0 Å². The Balaban J connectivity index is 1.93. The summed E-state index contributed by atoms with van der Waals surface area (Å²) in [6.07, 6.45) is 5.93. The van der Waals surface area contributed by atoms with Crippen molar-refractivity contribution in [2.45, 2.75) is 63.1 Å². The molecule has 4 heteroatoms. The highest BCUT2D eigenvalue weighted by Crippen LogP contribution is 2.51. The lowest BCUT2D eigenvalue weighted by atomic mass is 9.74. The van der Waals surface area contributed by atoms with Gasteiger partial charge in [-0.05, 0) is 32.6 Å². The Labute approximate surface area is 89.8 Å². The molecule has 4 nitrogen and oxygen atoms in total. The molecule has 0 aromatic rings. The first kappa shape index (κ1) is 10.0. The zero-order valence-corrected chi connectivity index (χ0v) is 9.16. The minimum atomic E-state index is -0.527. The summed E-state index contributed by atoms with van der Waals surface area (Å²) in [6, 6.07) is 0. The fraction of sp³-hybridized carbons (Fsp3) is 1.00. The molecule has 2 heterocycles. The van der Waals surface area contributed by atoms with Gasteiger partial charge in [-0.25, -0.2) is 9.78 Å². The SMILES string of the molecule is CC1OO[C@]23CCCC[C@]2(OCCC3)O1. The molecule has 3 atom stereocenters. The van der Waals surface area contributed by atoms with E-state index in [2.05, 4.69) is 0 Å². The third kappa shape index (κ3) is 1.35. The zero-order chi connectivity index (χ0) is 10.4. The van der Waals surface area contributed by atoms with E-state index in [-0.39, 0.29) is 11.9 Å². The molecule has 1 unspecified atom stereocenters. The van der Waals surface area contributed by atoms with Gasteiger partial charge in [-0.3, -0.25) is 0 Å². The smallest absolute Gasteiger partial charge is 0.203 e. The van der Waals surface area contributed by atoms with E-state index in [0.29, 0.717) is 0 Å². The molecule has 0 aromatic carbocycles. The van der Waals surface area contributed by atoms with Crippen LogP contribution in [0.5, 0.6) is 0 Å². The van der Waals surface area contributed by atoms with Crippen molar-refractivity contribution < 1.29 is 19.2 Å². The first-order chi connectivity index (χ1) is 7.27. The van der Waals surface area contributed by atoms with Crippen molar-refractivity contribution in [2.24, 2.45) is 0 Å². The molecule has 3 fully saturated rings. The van der Waals surface area contributed by atoms with Crippen LogP contribution in [-0.2, 0) is 19.2 Å². The van der Waals surface area contributed by atoms with Gasteiger partial charge >= 0.3 is 0 Å². The maximum atomic E-state index is 5.91. The lowest BCUT2D eigenvalue weighted by Gasteiger charge is -2.56. The van der Waals surface area contributed by atoms with Crippen molar-refractivity contribution >= 4 is 0 Å². The zero-order valence-electron chi connectivity index (χ0n) is 9.16. The topological polar surface area (TPSA) is 36.9 Å². The summed E-state index contributed by atoms with van der Waals surface area (Å²) in [5.74, 6) is -0.527. The second-order valence-corrected chi connectivity index (χ2v) is 4.77. The van der Waals surface area contributed by atoms with E-state index >= 15 is 0 Å². The molecule has 0 aromatic heterocycles. The maximum absolute atomic E-state index is 5.91. The van der Waals surface area contributed by atoms with Crippen LogP contribution in [-0.4, -0.2) is 24.3 Å². The van der Waals surface area contributed by atoms with Gasteiger partial charge in [0, 0.05) is 6.42 Å². The Morgan fingerprint density at radius 2 is 1.87 bits per heavy atom. The molecular formula is C11H18O4. The Kier molecular flexibility index (Phi) is 2.28. The van der Waals surface area contributed by atoms with Crippen LogP contribution < -0.4 is 0 Å². The monoisotopic (exact) mass is 214 g/mol. The van der Waals surface area contributed by atoms with Gasteiger partial charge in [0.25, 0.3) is 0 Å². The number of hydrogen-bond acceptors (Lipinski definition) is 4. The van der Waals surface area contributed by atoms with Gasteiger partial charge in [0.15, 0.2) is 11.9 Å². The van der Waals surface area contributed by atoms with Crippen molar-refractivity contribution in [1.29, 1.82) is 0 Å². The Bertz CT molecular complexity index is 241. The summed E-state index contributed by atoms with van der Waals surface area (Å²) in [6.45, 7) is 2.63. The lowest BCUT2D eigenvalue weighted by molar-refractivity contribution is -0.558. The van der Waals surface area contributed by atoms with Crippen LogP contribution in [0.3, 0.4) is 0 Å². The molecule has 2 aliphatic heterocycles. The summed E-state index contributed by atoms with van der Waals surface area (Å²) in [5, 5.41) is 0. The van der Waals surface area contributed by atoms with Crippen molar-refractivity contribution in [3.05, 3.63) is 0 Å². The van der Waals surface area contributed by atoms with E-state index in [1.807, 2.05) is 6.92 Å². The van der Waals surface area contributed by atoms with Crippen LogP contribution in [0.1, 0.15) is 45.4 Å². The number of ether oxygens (including phenoxy) is 2. The average Bonchev–Trinajstić information content (AvgIpc) is 2.27. The molecule has 15 heavy (non-hydrogen) atoms. The van der Waals surface area contributed by atoms with Gasteiger partial charge in [0.05, 0.1) is 6.61 Å². The van der Waals surface area contributed by atoms with Crippen LogP contribution in [0.4, 0.5) is 0 Å². The summed E-state index contributed by atoms with van der Waals surface area (Å²) in [7, 11) is 0. The standard InChI is InChI=1S/C11H18O4/c1-9-13-11-7-3-2-5-10(11,15-14-9)6-4-8-12-11/h9H,2-8H2,1H3/t9?,10-,11-/m0/s1. The molecule has 1 aliphatic carbocycles. The van der Waals surface area contributed by atoms with Crippen molar-refractivity contribution in [2.75, 3.05) is 6.61 Å². The van der Waals surface area contributed by atoms with E-state index in [9.17, 15) is 0 Å². The first-order valence-electron chi connectivity index (χ1n) is 5.93. The van der Waals surface area contributed by atoms with Crippen LogP contribution in [0, 0.1) is 0 Å². The lowest BCUT2D eigenvalue weighted by Crippen LogP contribution is -2.67. The molecule has 86 valence electrons. The Hall–Kier alpha value is -0.160. The quantitative estimate of drug-likeness (QED) is 0.579. The van der Waals surface area contributed by atoms with Crippen molar-refractivity contribution in [3.63, 3.8) is 0 Å². The van der Waals surface area contributed by atoms with Gasteiger partial charge in [-0.1, -0.05) is 6.42 Å². The molecule has 0 bridgehead atoms. The van der Waals surface area contributed by atoms with E-state index in [1.54, 1.807) is 0 Å². The highest BCUT2D eigenvalue weighted by Gasteiger charge is 2.62. The third-order valence-electron chi connectivity index (χ3n) is 3.79. The number of rotatable bonds is 0. The predicted molar refractivity (Wildman–Crippen MR) is 51.8 cm³/mol. The second-order valence-electron chi connectivity index (χ2n) is 4.77. The van der Waals surface area contributed by atoms with E-state index in [4.69, 9.17) is 19.2 Å². The predicted octanol–water partition coefficient (Wildman–Crippen LogP) is 2.13. The van der Waals surface area contributed by atoms with Crippen LogP contribution in [0.15, 0.2) is 0 Å². The van der Waals surface area contributed by atoms with Crippen molar-refractivity contribution in [1.82, 2.24) is 0 Å². The van der Waals surface area contributed by atoms with Crippen molar-refractivity contribution in [3.8, 4) is 0 Å². The Morgan fingerprint density at radius 1 is 1.07 bits per heavy atom. The summed E-state index contributed by atoms with van der Waals surface area (Å²) in [4.78, 5) is 10.8. The average molecular weight is 214 g/mol. The maximum Gasteiger partial charge on any atom is 0.203 e. The fourth-order valence-corrected chi connectivity index (χ4v) is 3.10. The molecule has 2 saturated heterocycles. The van der Waals surface area contributed by atoms with Crippen LogP contribution >= 0.6 is 0 Å². The number of hydrogen-bond donors (Lipinski definition) is 0. The molecule has 0 radical (unpaired) electrons. The molecule has 0 amide bonds. The van der Waals surface area contributed by atoms with Crippen LogP contribution in [0.2, 0.25) is 0 Å². The van der Waals surface area contributed by atoms with Gasteiger partial charge in [0.2, 0.25) is 5.79 Å². The Morgan fingerprint density at radius 3 is 2.80 bits per heavy atom. The molecule has 1 saturated carbocycles. The summed E-state index contributed by atoms with van der Waals surface area (Å²) >= 11 is 0. The van der Waals surface area contributed by atoms with Gasteiger partial charge in [-0.15, -0.1) is 0 Å². The normalized spacial score (nSPS) is 50.6. The van der Waals surface area contributed by atoms with E-state index < -0.39 is 5.79 Å². The van der Waals surface area contributed by atoms with Gasteiger partial charge in [0.1, 0.15) is 0 Å². The minimum Gasteiger partial charge on any atom is -0.347 e. The molecule has 0 spiro atoms. The molecule has 0 N–H and O–H groups in total. The third-order valence-corrected chi connectivity index (χ3v) is 3.79. The van der Waals surface area contributed by atoms with Crippen LogP contribution in [0.25, 0.3) is 0 Å². The minimum absolute atomic E-state index is 0.325. The summed E-state index contributed by atoms with van der Waals surface area (Å²) < 4.78 is 11.8.